The summed E-state index contributed by atoms with van der Waals surface area (Å²) in [4.78, 5) is 0. The maximum Gasteiger partial charge on any atom is 0.577 e. The van der Waals surface area contributed by atoms with E-state index in [1.807, 2.05) is 42.5 Å². The van der Waals surface area contributed by atoms with Crippen LogP contribution in [0.4, 0.5) is 13.2 Å². The minimum Gasteiger partial charge on any atom is -0.350 e. The summed E-state index contributed by atoms with van der Waals surface area (Å²) in [6.07, 6.45) is -4.72. The molecule has 0 amide bonds. The Kier molecular flexibility index (Phi) is 3.71. The molecule has 0 aliphatic rings. The smallest absolute Gasteiger partial charge is 0.350 e. The first-order valence-corrected chi connectivity index (χ1v) is 6.74. The van der Waals surface area contributed by atoms with E-state index in [0.29, 0.717) is 12.1 Å². The highest BCUT2D eigenvalue weighted by atomic mass is 19.4. The van der Waals surface area contributed by atoms with Crippen LogP contribution in [0.15, 0.2) is 66.7 Å². The third kappa shape index (κ3) is 3.19. The zero-order valence-electron chi connectivity index (χ0n) is 11.5. The van der Waals surface area contributed by atoms with Gasteiger partial charge in [0.2, 0.25) is 5.52 Å². The van der Waals surface area contributed by atoms with E-state index in [2.05, 4.69) is 4.74 Å². The van der Waals surface area contributed by atoms with E-state index in [1.165, 1.54) is 10.6 Å². The fourth-order valence-electron chi connectivity index (χ4n) is 2.38. The van der Waals surface area contributed by atoms with Crippen molar-refractivity contribution < 1.29 is 22.5 Å². The Hall–Kier alpha value is -2.56. The van der Waals surface area contributed by atoms with Gasteiger partial charge in [-0.15, -0.1) is 13.2 Å². The standard InChI is InChI=1S/C17H13F3NO/c18-17(19,20)22-16-11-10-14-8-4-5-9-15(14)21(16)12-13-6-2-1-3-7-13/h1-11H,12H2/q+1. The molecule has 3 rings (SSSR count). The quantitative estimate of drug-likeness (QED) is 0.665. The molecular weight excluding hydrogens is 291 g/mol. The Morgan fingerprint density at radius 1 is 0.818 bits per heavy atom. The van der Waals surface area contributed by atoms with Gasteiger partial charge in [-0.25, -0.2) is 0 Å². The molecule has 0 bridgehead atoms. The third-order valence-electron chi connectivity index (χ3n) is 3.30. The summed E-state index contributed by atoms with van der Waals surface area (Å²) < 4.78 is 43.6. The summed E-state index contributed by atoms with van der Waals surface area (Å²) in [5, 5.41) is 0.855. The van der Waals surface area contributed by atoms with E-state index in [4.69, 9.17) is 0 Å². The summed E-state index contributed by atoms with van der Waals surface area (Å²) >= 11 is 0. The van der Waals surface area contributed by atoms with Crippen molar-refractivity contribution in [2.75, 3.05) is 0 Å². The van der Waals surface area contributed by atoms with E-state index in [1.54, 1.807) is 18.2 Å². The fraction of sp³-hybridized carbons (Fsp3) is 0.118. The molecule has 0 spiro atoms. The summed E-state index contributed by atoms with van der Waals surface area (Å²) in [7, 11) is 0. The van der Waals surface area contributed by atoms with Crippen LogP contribution >= 0.6 is 0 Å². The van der Waals surface area contributed by atoms with E-state index in [9.17, 15) is 13.2 Å². The van der Waals surface area contributed by atoms with E-state index in [-0.39, 0.29) is 5.88 Å². The van der Waals surface area contributed by atoms with Crippen molar-refractivity contribution >= 4 is 10.9 Å². The maximum atomic E-state index is 12.6. The number of benzene rings is 2. The molecule has 2 nitrogen and oxygen atoms in total. The van der Waals surface area contributed by atoms with Crippen LogP contribution in [0, 0.1) is 0 Å². The number of fused-ring (bicyclic) bond motifs is 1. The first kappa shape index (κ1) is 14.4. The second kappa shape index (κ2) is 5.67. The van der Waals surface area contributed by atoms with Gasteiger partial charge >= 0.3 is 12.2 Å². The van der Waals surface area contributed by atoms with Gasteiger partial charge in [-0.2, -0.15) is 4.57 Å². The molecule has 0 atom stereocenters. The van der Waals surface area contributed by atoms with Gasteiger partial charge in [-0.1, -0.05) is 42.5 Å². The number of ether oxygens (including phenoxy) is 1. The molecule has 0 N–H and O–H groups in total. The average molecular weight is 304 g/mol. The molecule has 1 heterocycles. The lowest BCUT2D eigenvalue weighted by molar-refractivity contribution is -0.673. The first-order valence-electron chi connectivity index (χ1n) is 6.74. The minimum absolute atomic E-state index is 0.227. The summed E-state index contributed by atoms with van der Waals surface area (Å²) in [5.74, 6) is -0.227. The Balaban J connectivity index is 2.12. The van der Waals surface area contributed by atoms with Gasteiger partial charge in [0, 0.05) is 17.0 Å². The van der Waals surface area contributed by atoms with E-state index in [0.717, 1.165) is 10.9 Å². The highest BCUT2D eigenvalue weighted by molar-refractivity contribution is 5.75. The number of hydrogen-bond donors (Lipinski definition) is 0. The van der Waals surface area contributed by atoms with Crippen molar-refractivity contribution in [2.24, 2.45) is 0 Å². The van der Waals surface area contributed by atoms with Crippen molar-refractivity contribution in [3.8, 4) is 5.88 Å². The minimum atomic E-state index is -4.72. The predicted octanol–water partition coefficient (Wildman–Crippen LogP) is 4.07. The normalized spacial score (nSPS) is 11.6. The van der Waals surface area contributed by atoms with Crippen LogP contribution in [0.25, 0.3) is 10.9 Å². The summed E-state index contributed by atoms with van der Waals surface area (Å²) in [6, 6.07) is 19.5. The monoisotopic (exact) mass is 304 g/mol. The summed E-state index contributed by atoms with van der Waals surface area (Å²) in [5.41, 5.74) is 1.59. The van der Waals surface area contributed by atoms with Gasteiger partial charge in [0.1, 0.15) is 0 Å². The van der Waals surface area contributed by atoms with Crippen molar-refractivity contribution in [2.45, 2.75) is 12.9 Å². The molecule has 1 aromatic heterocycles. The molecule has 5 heteroatoms. The van der Waals surface area contributed by atoms with Crippen molar-refractivity contribution in [3.05, 3.63) is 72.3 Å². The van der Waals surface area contributed by atoms with Crippen LogP contribution in [-0.2, 0) is 6.54 Å². The molecule has 22 heavy (non-hydrogen) atoms. The molecule has 0 fully saturated rings. The molecule has 0 aliphatic heterocycles. The third-order valence-corrected chi connectivity index (χ3v) is 3.30. The predicted molar refractivity (Wildman–Crippen MR) is 76.4 cm³/mol. The van der Waals surface area contributed by atoms with Crippen molar-refractivity contribution in [1.82, 2.24) is 0 Å². The number of rotatable bonds is 3. The molecule has 0 saturated heterocycles. The number of alkyl halides is 3. The van der Waals surface area contributed by atoms with E-state index >= 15 is 0 Å². The first-order chi connectivity index (χ1) is 10.5. The molecule has 0 radical (unpaired) electrons. The number of aromatic nitrogens is 1. The lowest BCUT2D eigenvalue weighted by Crippen LogP contribution is -2.39. The molecular formula is C17H13F3NO+. The van der Waals surface area contributed by atoms with Gasteiger partial charge in [0.05, 0.1) is 6.07 Å². The van der Waals surface area contributed by atoms with Gasteiger partial charge in [-0.05, 0) is 12.1 Å². The Morgan fingerprint density at radius 2 is 1.50 bits per heavy atom. The molecule has 2 aromatic carbocycles. The van der Waals surface area contributed by atoms with Crippen LogP contribution in [0.2, 0.25) is 0 Å². The highest BCUT2D eigenvalue weighted by Crippen LogP contribution is 2.22. The number of pyridine rings is 1. The Bertz CT molecular complexity index is 785. The van der Waals surface area contributed by atoms with Crippen LogP contribution in [0.5, 0.6) is 5.88 Å². The largest absolute Gasteiger partial charge is 0.577 e. The number of para-hydroxylation sites is 1. The second-order valence-corrected chi connectivity index (χ2v) is 4.85. The highest BCUT2D eigenvalue weighted by Gasteiger charge is 2.35. The average Bonchev–Trinajstić information content (AvgIpc) is 2.49. The molecule has 0 saturated carbocycles. The summed E-state index contributed by atoms with van der Waals surface area (Å²) in [6.45, 7) is 0.299. The van der Waals surface area contributed by atoms with Crippen molar-refractivity contribution in [1.29, 1.82) is 0 Å². The molecule has 112 valence electrons. The van der Waals surface area contributed by atoms with Crippen LogP contribution in [-0.4, -0.2) is 6.36 Å². The SMILES string of the molecule is FC(F)(F)Oc1ccc2ccccc2[n+]1Cc1ccccc1. The molecule has 0 aliphatic carbocycles. The van der Waals surface area contributed by atoms with Gasteiger partial charge in [-0.3, -0.25) is 0 Å². The number of hydrogen-bond acceptors (Lipinski definition) is 1. The second-order valence-electron chi connectivity index (χ2n) is 4.85. The van der Waals surface area contributed by atoms with E-state index < -0.39 is 6.36 Å². The zero-order chi connectivity index (χ0) is 15.6. The maximum absolute atomic E-state index is 12.6. The van der Waals surface area contributed by atoms with Gasteiger partial charge < -0.3 is 4.74 Å². The fourth-order valence-corrected chi connectivity index (χ4v) is 2.38. The van der Waals surface area contributed by atoms with Crippen LogP contribution in [0.1, 0.15) is 5.56 Å². The Morgan fingerprint density at radius 3 is 2.23 bits per heavy atom. The van der Waals surface area contributed by atoms with Crippen molar-refractivity contribution in [3.63, 3.8) is 0 Å². The lowest BCUT2D eigenvalue weighted by Gasteiger charge is -2.10. The topological polar surface area (TPSA) is 13.1 Å². The zero-order valence-corrected chi connectivity index (χ0v) is 11.5. The molecule has 0 unspecified atom stereocenters. The molecule has 3 aromatic rings. The van der Waals surface area contributed by atoms with Gasteiger partial charge in [0.25, 0.3) is 0 Å². The number of nitrogens with zero attached hydrogens (tertiary/aromatic N) is 1. The van der Waals surface area contributed by atoms with Gasteiger partial charge in [0.15, 0.2) is 6.54 Å². The lowest BCUT2D eigenvalue weighted by atomic mass is 10.2. The Labute approximate surface area is 125 Å². The number of halogens is 3. The van der Waals surface area contributed by atoms with Crippen LogP contribution < -0.4 is 9.30 Å². The van der Waals surface area contributed by atoms with Crippen LogP contribution in [0.3, 0.4) is 0 Å².